The Bertz CT molecular complexity index is 719. The van der Waals surface area contributed by atoms with E-state index >= 15 is 0 Å². The van der Waals surface area contributed by atoms with Crippen molar-refractivity contribution in [2.75, 3.05) is 0 Å². The van der Waals surface area contributed by atoms with Crippen LogP contribution in [0.1, 0.15) is 34.6 Å². The summed E-state index contributed by atoms with van der Waals surface area (Å²) in [4.78, 5) is 23.4. The quantitative estimate of drug-likeness (QED) is 0.681. The van der Waals surface area contributed by atoms with Crippen LogP contribution in [-0.4, -0.2) is 11.8 Å². The third kappa shape index (κ3) is 1.35. The Balaban J connectivity index is 2.51. The number of nitrogens with zero attached hydrogens (tertiary/aromatic N) is 4. The monoisotopic (exact) mass is 240 g/mol. The second kappa shape index (κ2) is 3.49. The van der Waals surface area contributed by atoms with Crippen molar-refractivity contribution in [2.24, 2.45) is 20.5 Å². The molecule has 0 N–H and O–H groups in total. The molecule has 2 aliphatic rings. The summed E-state index contributed by atoms with van der Waals surface area (Å²) in [5, 5.41) is 15.9. The second-order valence-electron chi connectivity index (χ2n) is 4.12. The first-order valence-corrected chi connectivity index (χ1v) is 5.36. The van der Waals surface area contributed by atoms with Gasteiger partial charge in [-0.05, 0) is 26.0 Å². The summed E-state index contributed by atoms with van der Waals surface area (Å²) >= 11 is 0. The maximum Gasteiger partial charge on any atom is 0.296 e. The first-order valence-electron chi connectivity index (χ1n) is 5.36. The number of rotatable bonds is 0. The lowest BCUT2D eigenvalue weighted by Gasteiger charge is -2.09. The Kier molecular flexibility index (Phi) is 2.07. The maximum absolute atomic E-state index is 11.7. The number of amides is 2. The normalized spacial score (nSPS) is 17.0. The predicted octanol–water partition coefficient (Wildman–Crippen LogP) is 1.15. The van der Waals surface area contributed by atoms with Crippen LogP contribution in [0.4, 0.5) is 0 Å². The summed E-state index contributed by atoms with van der Waals surface area (Å²) in [6.07, 6.45) is 0. The Labute approximate surface area is 101 Å². The number of azo groups is 2. The molecular formula is C12H8N4O2. The van der Waals surface area contributed by atoms with Gasteiger partial charge in [-0.15, -0.1) is 10.2 Å². The van der Waals surface area contributed by atoms with Crippen molar-refractivity contribution in [1.82, 2.24) is 0 Å². The van der Waals surface area contributed by atoms with Gasteiger partial charge in [0.15, 0.2) is 0 Å². The van der Waals surface area contributed by atoms with Crippen LogP contribution in [0.25, 0.3) is 11.4 Å². The molecule has 0 bridgehead atoms. The molecule has 2 heterocycles. The van der Waals surface area contributed by atoms with E-state index in [-0.39, 0.29) is 0 Å². The van der Waals surface area contributed by atoms with Crippen molar-refractivity contribution in [3.8, 4) is 0 Å². The molecule has 88 valence electrons. The Morgan fingerprint density at radius 2 is 1.11 bits per heavy atom. The minimum atomic E-state index is -0.402. The average molecular weight is 240 g/mol. The highest BCUT2D eigenvalue weighted by atomic mass is 16.2. The molecule has 0 unspecified atom stereocenters. The minimum Gasteiger partial charge on any atom is -0.265 e. The fraction of sp³-hybridized carbons (Fsp3) is 0.167. The number of fused-ring (bicyclic) bond motifs is 2. The van der Waals surface area contributed by atoms with Crippen LogP contribution in [0.15, 0.2) is 32.6 Å². The van der Waals surface area contributed by atoms with E-state index in [4.69, 9.17) is 0 Å². The van der Waals surface area contributed by atoms with E-state index in [1.165, 1.54) is 0 Å². The third-order valence-electron chi connectivity index (χ3n) is 2.98. The van der Waals surface area contributed by atoms with Crippen LogP contribution >= 0.6 is 0 Å². The highest BCUT2D eigenvalue weighted by molar-refractivity contribution is 6.00. The van der Waals surface area contributed by atoms with Gasteiger partial charge in [0.25, 0.3) is 11.8 Å². The molecule has 1 aromatic rings. The molecule has 3 rings (SSSR count). The average Bonchev–Trinajstić information content (AvgIpc) is 2.37. The van der Waals surface area contributed by atoms with Gasteiger partial charge in [0.05, 0.1) is 22.5 Å². The standard InChI is InChI=1S/C12H8N4O2/c1-5-7-3-10-8(6(2)14-16-12(10)18)4-9(7)11(17)15-13-5/h3-4H,1-2H3. The first-order chi connectivity index (χ1) is 8.58. The van der Waals surface area contributed by atoms with Gasteiger partial charge in [0.2, 0.25) is 0 Å². The number of carbonyl (C=O) groups is 2. The van der Waals surface area contributed by atoms with Crippen LogP contribution in [0, 0.1) is 0 Å². The molecule has 0 radical (unpaired) electrons. The van der Waals surface area contributed by atoms with Crippen molar-refractivity contribution in [3.05, 3.63) is 33.7 Å². The fourth-order valence-corrected chi connectivity index (χ4v) is 2.01. The van der Waals surface area contributed by atoms with E-state index in [1.807, 2.05) is 0 Å². The molecule has 18 heavy (non-hydrogen) atoms. The topological polar surface area (TPSA) is 83.6 Å². The molecule has 0 aromatic heterocycles. The lowest BCUT2D eigenvalue weighted by atomic mass is 10.0. The Morgan fingerprint density at radius 3 is 1.50 bits per heavy atom. The molecule has 0 atom stereocenters. The summed E-state index contributed by atoms with van der Waals surface area (Å²) in [5.74, 6) is -0.803. The minimum absolute atomic E-state index is 0.402. The number of hydrogen-bond donors (Lipinski definition) is 0. The fourth-order valence-electron chi connectivity index (χ4n) is 2.01. The lowest BCUT2D eigenvalue weighted by Crippen LogP contribution is -2.29. The van der Waals surface area contributed by atoms with Crippen molar-refractivity contribution in [3.63, 3.8) is 0 Å². The van der Waals surface area contributed by atoms with Gasteiger partial charge >= 0.3 is 0 Å². The van der Waals surface area contributed by atoms with Crippen molar-refractivity contribution in [2.45, 2.75) is 13.8 Å². The largest absolute Gasteiger partial charge is 0.296 e. The van der Waals surface area contributed by atoms with Crippen LogP contribution in [0.5, 0.6) is 0 Å². The third-order valence-corrected chi connectivity index (χ3v) is 2.98. The summed E-state index contributed by atoms with van der Waals surface area (Å²) in [5.41, 5.74) is 2.12. The molecular weight excluding hydrogens is 232 g/mol. The van der Waals surface area contributed by atoms with E-state index in [0.29, 0.717) is 33.0 Å². The van der Waals surface area contributed by atoms with Gasteiger partial charge in [-0.3, -0.25) is 9.59 Å². The van der Waals surface area contributed by atoms with E-state index in [0.717, 1.165) is 0 Å². The zero-order valence-corrected chi connectivity index (χ0v) is 9.76. The van der Waals surface area contributed by atoms with Gasteiger partial charge in [-0.25, -0.2) is 0 Å². The SMILES string of the molecule is CC1=c2cc3c(cc2C(=O)N=N1)=C(C)N=NC3=O. The van der Waals surface area contributed by atoms with Crippen LogP contribution in [-0.2, 0) is 0 Å². The van der Waals surface area contributed by atoms with E-state index in [9.17, 15) is 9.59 Å². The Hall–Kier alpha value is -2.50. The van der Waals surface area contributed by atoms with E-state index in [1.54, 1.807) is 26.0 Å². The summed E-state index contributed by atoms with van der Waals surface area (Å²) < 4.78 is 0. The van der Waals surface area contributed by atoms with Crippen molar-refractivity contribution >= 4 is 23.2 Å². The van der Waals surface area contributed by atoms with E-state index < -0.39 is 11.8 Å². The number of carbonyl (C=O) groups excluding carboxylic acids is 2. The van der Waals surface area contributed by atoms with Gasteiger partial charge < -0.3 is 0 Å². The molecule has 0 saturated carbocycles. The Morgan fingerprint density at radius 1 is 0.722 bits per heavy atom. The highest BCUT2D eigenvalue weighted by Gasteiger charge is 2.19. The van der Waals surface area contributed by atoms with Crippen LogP contribution in [0.3, 0.4) is 0 Å². The maximum atomic E-state index is 11.7. The molecule has 6 nitrogen and oxygen atoms in total. The van der Waals surface area contributed by atoms with Crippen LogP contribution < -0.4 is 10.4 Å². The summed E-state index contributed by atoms with van der Waals surface area (Å²) in [6, 6.07) is 3.28. The van der Waals surface area contributed by atoms with Gasteiger partial charge in [0.1, 0.15) is 0 Å². The zero-order valence-electron chi connectivity index (χ0n) is 9.76. The smallest absolute Gasteiger partial charge is 0.265 e. The van der Waals surface area contributed by atoms with Gasteiger partial charge in [-0.1, -0.05) is 0 Å². The summed E-state index contributed by atoms with van der Waals surface area (Å²) in [6.45, 7) is 3.49. The molecule has 6 heteroatoms. The first kappa shape index (κ1) is 10.6. The van der Waals surface area contributed by atoms with Crippen molar-refractivity contribution < 1.29 is 9.59 Å². The lowest BCUT2D eigenvalue weighted by molar-refractivity contribution is 0.0979. The summed E-state index contributed by atoms with van der Waals surface area (Å²) in [7, 11) is 0. The molecule has 2 aliphatic heterocycles. The molecule has 2 amide bonds. The zero-order chi connectivity index (χ0) is 12.9. The molecule has 0 saturated heterocycles. The second-order valence-corrected chi connectivity index (χ2v) is 4.12. The molecule has 0 spiro atoms. The van der Waals surface area contributed by atoms with Crippen molar-refractivity contribution in [1.29, 1.82) is 0 Å². The van der Waals surface area contributed by atoms with E-state index in [2.05, 4.69) is 20.5 Å². The predicted molar refractivity (Wildman–Crippen MR) is 62.2 cm³/mol. The van der Waals surface area contributed by atoms with Gasteiger partial charge in [-0.2, -0.15) is 10.2 Å². The molecule has 1 aromatic carbocycles. The molecule has 0 fully saturated rings. The number of hydrogen-bond acceptors (Lipinski definition) is 4. The van der Waals surface area contributed by atoms with Crippen LogP contribution in [0.2, 0.25) is 0 Å². The molecule has 0 aliphatic carbocycles. The van der Waals surface area contributed by atoms with Gasteiger partial charge in [0, 0.05) is 10.4 Å². The highest BCUT2D eigenvalue weighted by Crippen LogP contribution is 2.11. The number of benzene rings is 1.